The summed E-state index contributed by atoms with van der Waals surface area (Å²) in [4.78, 5) is 29.6. The number of hydrogen-bond donors (Lipinski definition) is 3. The number of aromatic amines is 1. The fourth-order valence-corrected chi connectivity index (χ4v) is 9.75. The molecule has 2 aliphatic heterocycles. The maximum absolute atomic E-state index is 15.3. The molecule has 12 nitrogen and oxygen atoms in total. The van der Waals surface area contributed by atoms with E-state index in [1.807, 2.05) is 36.2 Å². The standard InChI is InChI=1S/C45H50Cl2FN7O5S/c1-44(2)12-10-30(38(24-44)29-4-6-32(46)7-5-29)20-34-25-49-16-19-55(34)33-8-9-37(40(22-33)60-35-21-31-11-15-50-41(31)51-26-35)42(56)53-61(57,58)36-23-39(47)43(52-27-36)59-28-45(48)13-17-54(3)18-14-45/h4-9,11,15,21-23,26-27,34,49H,10,12-14,16-20,24-25,28H2,1-3H3,(H,50,51)(H,53,56). The number of ether oxygens (including phenoxy) is 2. The lowest BCUT2D eigenvalue weighted by atomic mass is 9.71. The number of halogens is 3. The molecule has 61 heavy (non-hydrogen) atoms. The van der Waals surface area contributed by atoms with E-state index in [1.54, 1.807) is 30.6 Å². The van der Waals surface area contributed by atoms with Crippen LogP contribution in [-0.4, -0.2) is 92.3 Å². The largest absolute Gasteiger partial charge is 0.473 e. The molecule has 0 saturated carbocycles. The molecule has 16 heteroatoms. The Labute approximate surface area is 365 Å². The second kappa shape index (κ2) is 17.6. The van der Waals surface area contributed by atoms with Gasteiger partial charge < -0.3 is 29.6 Å². The van der Waals surface area contributed by atoms with Crippen molar-refractivity contribution in [3.63, 3.8) is 0 Å². The summed E-state index contributed by atoms with van der Waals surface area (Å²) in [6.07, 6.45) is 8.79. The van der Waals surface area contributed by atoms with E-state index in [4.69, 9.17) is 32.7 Å². The number of carbonyl (C=O) groups excluding carboxylic acids is 1. The van der Waals surface area contributed by atoms with Gasteiger partial charge in [-0.2, -0.15) is 0 Å². The highest BCUT2D eigenvalue weighted by molar-refractivity contribution is 7.90. The molecule has 2 saturated heterocycles. The van der Waals surface area contributed by atoms with E-state index in [0.29, 0.717) is 48.9 Å². The maximum atomic E-state index is 15.3. The van der Waals surface area contributed by atoms with E-state index in [-0.39, 0.29) is 45.2 Å². The fourth-order valence-electron chi connectivity index (χ4n) is 8.40. The van der Waals surface area contributed by atoms with Gasteiger partial charge in [-0.1, -0.05) is 54.8 Å². The molecular weight excluding hydrogens is 841 g/mol. The van der Waals surface area contributed by atoms with Gasteiger partial charge in [0, 0.05) is 67.1 Å². The summed E-state index contributed by atoms with van der Waals surface area (Å²) in [5.74, 6) is -0.510. The molecule has 0 bridgehead atoms. The molecule has 8 rings (SSSR count). The number of sulfonamides is 1. The van der Waals surface area contributed by atoms with Crippen LogP contribution in [0.25, 0.3) is 16.6 Å². The van der Waals surface area contributed by atoms with Crippen molar-refractivity contribution >= 4 is 61.4 Å². The third-order valence-corrected chi connectivity index (χ3v) is 13.8. The van der Waals surface area contributed by atoms with Gasteiger partial charge in [0.1, 0.15) is 39.3 Å². The number of pyridine rings is 2. The molecule has 3 aromatic heterocycles. The van der Waals surface area contributed by atoms with Gasteiger partial charge in [-0.05, 0) is 105 Å². The first-order valence-corrected chi connectivity index (χ1v) is 22.8. The molecule has 1 atom stereocenters. The average Bonchev–Trinajstić information content (AvgIpc) is 3.71. The summed E-state index contributed by atoms with van der Waals surface area (Å²) in [6.45, 7) is 7.76. The first-order valence-electron chi connectivity index (χ1n) is 20.6. The van der Waals surface area contributed by atoms with Crippen LogP contribution in [0.4, 0.5) is 10.1 Å². The lowest BCUT2D eigenvalue weighted by Gasteiger charge is -2.41. The van der Waals surface area contributed by atoms with Crippen LogP contribution in [0.2, 0.25) is 10.0 Å². The number of nitrogens with one attached hydrogen (secondary N) is 3. The number of likely N-dealkylation sites (tertiary alicyclic amines) is 1. The minimum Gasteiger partial charge on any atom is -0.473 e. The Hall–Kier alpha value is -4.73. The van der Waals surface area contributed by atoms with Gasteiger partial charge >= 0.3 is 0 Å². The van der Waals surface area contributed by atoms with Gasteiger partial charge in [0.2, 0.25) is 5.88 Å². The molecular formula is C45H50Cl2FN7O5S. The van der Waals surface area contributed by atoms with Gasteiger partial charge in [0.15, 0.2) is 0 Å². The van der Waals surface area contributed by atoms with Crippen molar-refractivity contribution in [3.8, 4) is 17.4 Å². The number of allylic oxidation sites excluding steroid dienone is 1. The SMILES string of the molecule is CN1CCC(F)(COc2ncc(S(=O)(=O)NC(=O)c3ccc(N4CCNCC4CC4=C(c5ccc(Cl)cc5)CC(C)(C)CC4)cc3Oc3cnc4[nH]ccc4c3)cc2Cl)CC1. The molecule has 3 N–H and O–H groups in total. The van der Waals surface area contributed by atoms with Gasteiger partial charge in [-0.3, -0.25) is 4.79 Å². The van der Waals surface area contributed by atoms with Crippen molar-refractivity contribution in [3.05, 3.63) is 106 Å². The predicted molar refractivity (Wildman–Crippen MR) is 237 cm³/mol. The number of nitrogens with zero attached hydrogens (tertiary/aromatic N) is 4. The highest BCUT2D eigenvalue weighted by atomic mass is 35.5. The molecule has 5 aromatic rings. The highest BCUT2D eigenvalue weighted by Gasteiger charge is 2.36. The quantitative estimate of drug-likeness (QED) is 0.111. The Kier molecular flexibility index (Phi) is 12.4. The third-order valence-electron chi connectivity index (χ3n) is 12.0. The normalized spacial score (nSPS) is 19.5. The van der Waals surface area contributed by atoms with Crippen LogP contribution in [0.1, 0.15) is 68.3 Å². The number of fused-ring (bicyclic) bond motifs is 1. The zero-order valence-corrected chi connectivity index (χ0v) is 36.8. The van der Waals surface area contributed by atoms with E-state index in [9.17, 15) is 13.2 Å². The topological polar surface area (TPSA) is 142 Å². The van der Waals surface area contributed by atoms with E-state index in [2.05, 4.69) is 55.9 Å². The lowest BCUT2D eigenvalue weighted by molar-refractivity contribution is 0.0230. The van der Waals surface area contributed by atoms with Crippen molar-refractivity contribution < 1.29 is 27.1 Å². The fraction of sp³-hybridized carbons (Fsp3) is 0.400. The first kappa shape index (κ1) is 42.9. The van der Waals surface area contributed by atoms with Crippen LogP contribution in [0.15, 0.2) is 89.7 Å². The predicted octanol–water partition coefficient (Wildman–Crippen LogP) is 8.82. The minimum atomic E-state index is -4.49. The molecule has 1 aliphatic carbocycles. The van der Waals surface area contributed by atoms with Crippen LogP contribution in [-0.2, 0) is 10.0 Å². The third kappa shape index (κ3) is 9.99. The molecule has 2 fully saturated rings. The van der Waals surface area contributed by atoms with Gasteiger partial charge in [-0.15, -0.1) is 0 Å². The number of hydrogen-bond acceptors (Lipinski definition) is 10. The number of piperazine rings is 1. The molecule has 2 aromatic carbocycles. The van der Waals surface area contributed by atoms with Crippen molar-refractivity contribution in [2.75, 3.05) is 51.3 Å². The molecule has 1 amide bonds. The molecule has 5 heterocycles. The summed E-state index contributed by atoms with van der Waals surface area (Å²) in [5, 5.41) is 4.95. The van der Waals surface area contributed by atoms with E-state index in [0.717, 1.165) is 62.1 Å². The number of anilines is 1. The molecule has 3 aliphatic rings. The van der Waals surface area contributed by atoms with E-state index >= 15 is 4.39 Å². The number of H-pyrrole nitrogens is 1. The molecule has 0 spiro atoms. The highest BCUT2D eigenvalue weighted by Crippen LogP contribution is 2.45. The average molecular weight is 891 g/mol. The zero-order valence-electron chi connectivity index (χ0n) is 34.4. The monoisotopic (exact) mass is 889 g/mol. The Morgan fingerprint density at radius 3 is 2.56 bits per heavy atom. The van der Waals surface area contributed by atoms with Crippen molar-refractivity contribution in [1.29, 1.82) is 0 Å². The van der Waals surface area contributed by atoms with Gasteiger partial charge in [0.25, 0.3) is 15.9 Å². The van der Waals surface area contributed by atoms with Gasteiger partial charge in [0.05, 0.1) is 18.0 Å². The summed E-state index contributed by atoms with van der Waals surface area (Å²) in [7, 11) is -2.56. The number of aromatic nitrogens is 3. The second-order valence-electron chi connectivity index (χ2n) is 17.2. The van der Waals surface area contributed by atoms with E-state index in [1.165, 1.54) is 16.7 Å². The number of rotatable bonds is 12. The summed E-state index contributed by atoms with van der Waals surface area (Å²) in [5.41, 5.74) is 4.07. The summed E-state index contributed by atoms with van der Waals surface area (Å²) >= 11 is 12.7. The van der Waals surface area contributed by atoms with Crippen molar-refractivity contribution in [2.45, 2.75) is 69.0 Å². The molecule has 0 radical (unpaired) electrons. The van der Waals surface area contributed by atoms with E-state index < -0.39 is 21.6 Å². The summed E-state index contributed by atoms with van der Waals surface area (Å²) in [6, 6.07) is 18.2. The zero-order chi connectivity index (χ0) is 42.9. The number of benzene rings is 2. The van der Waals surface area contributed by atoms with Crippen LogP contribution < -0.4 is 24.4 Å². The van der Waals surface area contributed by atoms with Gasteiger partial charge in [-0.25, -0.2) is 27.5 Å². The summed E-state index contributed by atoms with van der Waals surface area (Å²) < 4.78 is 56.8. The van der Waals surface area contributed by atoms with Crippen LogP contribution in [0.3, 0.4) is 0 Å². The second-order valence-corrected chi connectivity index (χ2v) is 19.7. The van der Waals surface area contributed by atoms with Crippen molar-refractivity contribution in [2.24, 2.45) is 5.41 Å². The smallest absolute Gasteiger partial charge is 0.268 e. The number of alkyl halides is 1. The molecule has 1 unspecified atom stereocenters. The Balaban J connectivity index is 1.06. The molecule has 322 valence electrons. The first-order chi connectivity index (χ1) is 29.1. The lowest BCUT2D eigenvalue weighted by Crippen LogP contribution is -2.51. The number of amides is 1. The van der Waals surface area contributed by atoms with Crippen LogP contribution >= 0.6 is 23.2 Å². The Bertz CT molecular complexity index is 2560. The van der Waals surface area contributed by atoms with Crippen LogP contribution in [0.5, 0.6) is 17.4 Å². The Morgan fingerprint density at radius 2 is 1.79 bits per heavy atom. The van der Waals surface area contributed by atoms with Crippen LogP contribution in [0, 0.1) is 5.41 Å². The minimum absolute atomic E-state index is 0.0131. The number of carbonyl (C=O) groups is 1. The Morgan fingerprint density at radius 1 is 1.00 bits per heavy atom. The van der Waals surface area contributed by atoms with Crippen molar-refractivity contribution in [1.82, 2.24) is 29.9 Å². The number of piperidine rings is 1. The maximum Gasteiger partial charge on any atom is 0.268 e.